The molecular formula is C18H16O2. The van der Waals surface area contributed by atoms with E-state index in [9.17, 15) is 4.79 Å². The van der Waals surface area contributed by atoms with Crippen LogP contribution in [0.25, 0.3) is 0 Å². The quantitative estimate of drug-likeness (QED) is 0.786. The summed E-state index contributed by atoms with van der Waals surface area (Å²) >= 11 is 0. The van der Waals surface area contributed by atoms with Crippen molar-refractivity contribution in [1.82, 2.24) is 0 Å². The van der Waals surface area contributed by atoms with Crippen LogP contribution in [-0.2, 0) is 6.42 Å². The molecule has 0 aliphatic heterocycles. The maximum atomic E-state index is 12.6. The molecule has 1 unspecified atom stereocenters. The summed E-state index contributed by atoms with van der Waals surface area (Å²) in [6.07, 6.45) is 3.50. The largest absolute Gasteiger partial charge is 0.490 e. The summed E-state index contributed by atoms with van der Waals surface area (Å²) in [5, 5.41) is 0. The van der Waals surface area contributed by atoms with Gasteiger partial charge in [0.1, 0.15) is 5.75 Å². The summed E-state index contributed by atoms with van der Waals surface area (Å²) in [5.74, 6) is 1.07. The second kappa shape index (κ2) is 4.48. The van der Waals surface area contributed by atoms with E-state index in [-0.39, 0.29) is 11.7 Å². The number of carbonyl (C=O) groups excluding carboxylic acids is 1. The van der Waals surface area contributed by atoms with Gasteiger partial charge in [-0.1, -0.05) is 36.4 Å². The zero-order chi connectivity index (χ0) is 13.5. The third kappa shape index (κ3) is 2.01. The highest BCUT2D eigenvalue weighted by Gasteiger charge is 2.32. The molecule has 0 radical (unpaired) electrons. The van der Waals surface area contributed by atoms with Crippen molar-refractivity contribution in [2.45, 2.75) is 31.3 Å². The lowest BCUT2D eigenvalue weighted by molar-refractivity contribution is 0.0948. The number of hydrogen-bond acceptors (Lipinski definition) is 2. The SMILES string of the molecule is O=C(c1cccc(OC2CC2)c1)C1Cc2ccccc21. The van der Waals surface area contributed by atoms with Crippen LogP contribution in [0.4, 0.5) is 0 Å². The van der Waals surface area contributed by atoms with Gasteiger partial charge in [0, 0.05) is 5.56 Å². The fourth-order valence-electron chi connectivity index (χ4n) is 2.79. The molecular weight excluding hydrogens is 248 g/mol. The minimum absolute atomic E-state index is 0.0300. The van der Waals surface area contributed by atoms with Crippen molar-refractivity contribution in [3.63, 3.8) is 0 Å². The summed E-state index contributed by atoms with van der Waals surface area (Å²) < 4.78 is 5.76. The van der Waals surface area contributed by atoms with Crippen molar-refractivity contribution in [2.24, 2.45) is 0 Å². The third-order valence-electron chi connectivity index (χ3n) is 4.12. The lowest BCUT2D eigenvalue weighted by Gasteiger charge is -2.28. The lowest BCUT2D eigenvalue weighted by Crippen LogP contribution is -2.25. The van der Waals surface area contributed by atoms with Crippen LogP contribution < -0.4 is 4.74 Å². The van der Waals surface area contributed by atoms with E-state index in [4.69, 9.17) is 4.74 Å². The molecule has 0 saturated heterocycles. The lowest BCUT2D eigenvalue weighted by atomic mass is 9.74. The van der Waals surface area contributed by atoms with Gasteiger partial charge >= 0.3 is 0 Å². The monoisotopic (exact) mass is 264 g/mol. The van der Waals surface area contributed by atoms with Crippen LogP contribution in [-0.4, -0.2) is 11.9 Å². The molecule has 100 valence electrons. The van der Waals surface area contributed by atoms with E-state index in [2.05, 4.69) is 12.1 Å². The first-order valence-corrected chi connectivity index (χ1v) is 7.20. The average Bonchev–Trinajstić information content (AvgIpc) is 3.24. The first-order valence-electron chi connectivity index (χ1n) is 7.20. The number of hydrogen-bond donors (Lipinski definition) is 0. The topological polar surface area (TPSA) is 26.3 Å². The summed E-state index contributed by atoms with van der Waals surface area (Å²) in [4.78, 5) is 12.6. The summed E-state index contributed by atoms with van der Waals surface area (Å²) in [7, 11) is 0. The van der Waals surface area contributed by atoms with Gasteiger partial charge in [-0.3, -0.25) is 4.79 Å². The number of fused-ring (bicyclic) bond motifs is 1. The predicted molar refractivity (Wildman–Crippen MR) is 77.3 cm³/mol. The molecule has 1 atom stereocenters. The van der Waals surface area contributed by atoms with Gasteiger partial charge in [-0.25, -0.2) is 0 Å². The van der Waals surface area contributed by atoms with Crippen LogP contribution in [0.5, 0.6) is 5.75 Å². The van der Waals surface area contributed by atoms with Crippen LogP contribution in [0.3, 0.4) is 0 Å². The minimum atomic E-state index is 0.0300. The van der Waals surface area contributed by atoms with Crippen molar-refractivity contribution in [2.75, 3.05) is 0 Å². The van der Waals surface area contributed by atoms with Crippen LogP contribution in [0.2, 0.25) is 0 Å². The van der Waals surface area contributed by atoms with E-state index < -0.39 is 0 Å². The molecule has 2 heteroatoms. The molecule has 2 aromatic carbocycles. The Bertz CT molecular complexity index is 671. The van der Waals surface area contributed by atoms with E-state index in [1.165, 1.54) is 11.1 Å². The van der Waals surface area contributed by atoms with Gasteiger partial charge in [0.2, 0.25) is 0 Å². The van der Waals surface area contributed by atoms with Gasteiger partial charge in [-0.15, -0.1) is 0 Å². The Morgan fingerprint density at radius 2 is 1.90 bits per heavy atom. The van der Waals surface area contributed by atoms with Gasteiger partial charge in [-0.05, 0) is 42.5 Å². The van der Waals surface area contributed by atoms with Gasteiger partial charge < -0.3 is 4.74 Å². The van der Waals surface area contributed by atoms with Gasteiger partial charge in [0.05, 0.1) is 12.0 Å². The fraction of sp³-hybridized carbons (Fsp3) is 0.278. The Kier molecular flexibility index (Phi) is 2.62. The smallest absolute Gasteiger partial charge is 0.170 e. The Morgan fingerprint density at radius 1 is 1.05 bits per heavy atom. The van der Waals surface area contributed by atoms with Crippen molar-refractivity contribution < 1.29 is 9.53 Å². The van der Waals surface area contributed by atoms with Crippen molar-refractivity contribution >= 4 is 5.78 Å². The Hall–Kier alpha value is -2.09. The Morgan fingerprint density at radius 3 is 2.70 bits per heavy atom. The van der Waals surface area contributed by atoms with Crippen LogP contribution in [0, 0.1) is 0 Å². The Balaban J connectivity index is 1.57. The molecule has 20 heavy (non-hydrogen) atoms. The highest BCUT2D eigenvalue weighted by Crippen LogP contribution is 2.37. The molecule has 0 amide bonds. The fourth-order valence-corrected chi connectivity index (χ4v) is 2.79. The zero-order valence-electron chi connectivity index (χ0n) is 11.2. The molecule has 2 aliphatic carbocycles. The molecule has 0 aromatic heterocycles. The molecule has 2 nitrogen and oxygen atoms in total. The van der Waals surface area contributed by atoms with Crippen LogP contribution in [0.15, 0.2) is 48.5 Å². The Labute approximate surface area is 118 Å². The molecule has 4 rings (SSSR count). The number of ether oxygens (including phenoxy) is 1. The standard InChI is InChI=1S/C18H16O2/c19-18(17-11-12-4-1-2-7-16(12)17)13-5-3-6-15(10-13)20-14-8-9-14/h1-7,10,14,17H,8-9,11H2. The second-order valence-corrected chi connectivity index (χ2v) is 5.66. The van der Waals surface area contributed by atoms with Crippen LogP contribution >= 0.6 is 0 Å². The second-order valence-electron chi connectivity index (χ2n) is 5.66. The normalized spacial score (nSPS) is 19.9. The first kappa shape index (κ1) is 11.7. The van der Waals surface area contributed by atoms with Crippen LogP contribution in [0.1, 0.15) is 40.2 Å². The van der Waals surface area contributed by atoms with E-state index in [0.29, 0.717) is 6.10 Å². The van der Waals surface area contributed by atoms with Gasteiger partial charge in [-0.2, -0.15) is 0 Å². The molecule has 2 aliphatic rings. The predicted octanol–water partition coefficient (Wildman–Crippen LogP) is 3.75. The summed E-state index contributed by atoms with van der Waals surface area (Å²) in [5.41, 5.74) is 3.25. The molecule has 0 N–H and O–H groups in total. The molecule has 0 spiro atoms. The minimum Gasteiger partial charge on any atom is -0.490 e. The van der Waals surface area contributed by atoms with E-state index in [1.54, 1.807) is 0 Å². The van der Waals surface area contributed by atoms with Crippen molar-refractivity contribution in [3.8, 4) is 5.75 Å². The number of rotatable bonds is 4. The van der Waals surface area contributed by atoms with Crippen molar-refractivity contribution in [3.05, 3.63) is 65.2 Å². The number of benzene rings is 2. The van der Waals surface area contributed by atoms with Crippen molar-refractivity contribution in [1.29, 1.82) is 0 Å². The maximum absolute atomic E-state index is 12.6. The van der Waals surface area contributed by atoms with Gasteiger partial charge in [0.25, 0.3) is 0 Å². The van der Waals surface area contributed by atoms with E-state index in [0.717, 1.165) is 30.6 Å². The van der Waals surface area contributed by atoms with E-state index >= 15 is 0 Å². The first-order chi connectivity index (χ1) is 9.81. The number of Topliss-reactive ketones (excluding diaryl/α,β-unsaturated/α-hetero) is 1. The molecule has 2 aromatic rings. The number of carbonyl (C=O) groups is 1. The van der Waals surface area contributed by atoms with Gasteiger partial charge in [0.15, 0.2) is 5.78 Å². The highest BCUT2D eigenvalue weighted by atomic mass is 16.5. The highest BCUT2D eigenvalue weighted by molar-refractivity contribution is 6.02. The maximum Gasteiger partial charge on any atom is 0.170 e. The molecule has 0 bridgehead atoms. The number of ketones is 1. The summed E-state index contributed by atoms with van der Waals surface area (Å²) in [6.45, 7) is 0. The molecule has 0 heterocycles. The molecule has 1 fully saturated rings. The molecule has 1 saturated carbocycles. The third-order valence-corrected chi connectivity index (χ3v) is 4.12. The van der Waals surface area contributed by atoms with E-state index in [1.807, 2.05) is 36.4 Å². The summed E-state index contributed by atoms with van der Waals surface area (Å²) in [6, 6.07) is 15.8. The average molecular weight is 264 g/mol. The zero-order valence-corrected chi connectivity index (χ0v) is 11.2.